The third kappa shape index (κ3) is 6.02. The summed E-state index contributed by atoms with van der Waals surface area (Å²) in [6.07, 6.45) is 2.44. The topological polar surface area (TPSA) is 70.7 Å². The molecule has 6 nitrogen and oxygen atoms in total. The van der Waals surface area contributed by atoms with Crippen LogP contribution in [0, 0.1) is 0 Å². The Labute approximate surface area is 149 Å². The van der Waals surface area contributed by atoms with Gasteiger partial charge in [0.2, 0.25) is 11.8 Å². The zero-order valence-corrected chi connectivity index (χ0v) is 15.1. The van der Waals surface area contributed by atoms with Crippen molar-refractivity contribution in [2.24, 2.45) is 0 Å². The lowest BCUT2D eigenvalue weighted by molar-refractivity contribution is -0.130. The number of nitrogens with zero attached hydrogens (tertiary/aromatic N) is 1. The molecule has 2 amide bonds. The highest BCUT2D eigenvalue weighted by atomic mass is 35.5. The number of likely N-dealkylation sites (N-methyl/N-ethyl adjacent to an activating group) is 2. The summed E-state index contributed by atoms with van der Waals surface area (Å²) in [7, 11) is 3.69. The number of anilines is 1. The lowest BCUT2D eigenvalue weighted by Crippen LogP contribution is -2.32. The molecule has 0 spiro atoms. The van der Waals surface area contributed by atoms with Crippen LogP contribution in [0.4, 0.5) is 5.69 Å². The second-order valence-corrected chi connectivity index (χ2v) is 5.74. The van der Waals surface area contributed by atoms with Crippen molar-refractivity contribution in [2.75, 3.05) is 39.1 Å². The number of fused-ring (bicyclic) bond motifs is 1. The summed E-state index contributed by atoms with van der Waals surface area (Å²) < 4.78 is 5.71. The minimum atomic E-state index is 0. The number of nitrogens with one attached hydrogen (secondary N) is 2. The minimum absolute atomic E-state index is 0. The van der Waals surface area contributed by atoms with Gasteiger partial charge in [-0.2, -0.15) is 0 Å². The third-order valence-corrected chi connectivity index (χ3v) is 3.90. The van der Waals surface area contributed by atoms with Crippen LogP contribution >= 0.6 is 12.4 Å². The van der Waals surface area contributed by atoms with Crippen LogP contribution in [-0.2, 0) is 16.0 Å². The molecule has 0 saturated carbocycles. The molecule has 0 fully saturated rings. The van der Waals surface area contributed by atoms with Crippen LogP contribution < -0.4 is 15.4 Å². The lowest BCUT2D eigenvalue weighted by Gasteiger charge is -2.18. The molecule has 2 rings (SSSR count). The van der Waals surface area contributed by atoms with Crippen molar-refractivity contribution in [1.29, 1.82) is 0 Å². The SMILES string of the molecule is CNCCN(C)C(=O)CCCOc1ccc2c(c1)CCC(=O)N2.Cl. The van der Waals surface area contributed by atoms with Gasteiger partial charge >= 0.3 is 0 Å². The Kier molecular flexibility index (Phi) is 8.57. The van der Waals surface area contributed by atoms with Gasteiger partial charge < -0.3 is 20.3 Å². The fourth-order valence-electron chi connectivity index (χ4n) is 2.46. The van der Waals surface area contributed by atoms with Crippen LogP contribution in [0.5, 0.6) is 5.75 Å². The summed E-state index contributed by atoms with van der Waals surface area (Å²) in [5, 5.41) is 5.87. The van der Waals surface area contributed by atoms with Crippen molar-refractivity contribution in [3.63, 3.8) is 0 Å². The van der Waals surface area contributed by atoms with Crippen LogP contribution in [0.2, 0.25) is 0 Å². The summed E-state index contributed by atoms with van der Waals surface area (Å²) in [6, 6.07) is 5.69. The number of halogens is 1. The number of carbonyl (C=O) groups is 2. The molecule has 24 heavy (non-hydrogen) atoms. The molecule has 0 radical (unpaired) electrons. The van der Waals surface area contributed by atoms with Crippen LogP contribution in [-0.4, -0.2) is 50.5 Å². The number of benzene rings is 1. The van der Waals surface area contributed by atoms with Crippen molar-refractivity contribution < 1.29 is 14.3 Å². The number of ether oxygens (including phenoxy) is 1. The highest BCUT2D eigenvalue weighted by Gasteiger charge is 2.15. The van der Waals surface area contributed by atoms with E-state index in [0.29, 0.717) is 32.4 Å². The molecule has 0 saturated heterocycles. The first-order chi connectivity index (χ1) is 11.1. The van der Waals surface area contributed by atoms with E-state index in [2.05, 4.69) is 10.6 Å². The Bertz CT molecular complexity index is 566. The van der Waals surface area contributed by atoms with E-state index < -0.39 is 0 Å². The van der Waals surface area contributed by atoms with E-state index in [1.54, 1.807) is 4.90 Å². The molecule has 1 aromatic rings. The first kappa shape index (κ1) is 20.3. The highest BCUT2D eigenvalue weighted by Crippen LogP contribution is 2.26. The van der Waals surface area contributed by atoms with Crippen molar-refractivity contribution in [3.8, 4) is 5.75 Å². The summed E-state index contributed by atoms with van der Waals surface area (Å²) in [5.41, 5.74) is 1.97. The summed E-state index contributed by atoms with van der Waals surface area (Å²) in [4.78, 5) is 24.9. The first-order valence-corrected chi connectivity index (χ1v) is 8.04. The zero-order valence-electron chi connectivity index (χ0n) is 14.3. The normalized spacial score (nSPS) is 12.7. The molecule has 7 heteroatoms. The molecule has 0 aliphatic carbocycles. The maximum absolute atomic E-state index is 11.9. The molecular weight excluding hydrogens is 330 g/mol. The minimum Gasteiger partial charge on any atom is -0.494 e. The molecule has 0 aromatic heterocycles. The van der Waals surface area contributed by atoms with Gasteiger partial charge in [0.25, 0.3) is 0 Å². The Balaban J connectivity index is 0.00000288. The van der Waals surface area contributed by atoms with Crippen molar-refractivity contribution in [1.82, 2.24) is 10.2 Å². The summed E-state index contributed by atoms with van der Waals surface area (Å²) in [6.45, 7) is 2.02. The number of rotatable bonds is 8. The number of hydrogen-bond donors (Lipinski definition) is 2. The van der Waals surface area contributed by atoms with Gasteiger partial charge in [-0.25, -0.2) is 0 Å². The van der Waals surface area contributed by atoms with Gasteiger partial charge in [0, 0.05) is 38.7 Å². The first-order valence-electron chi connectivity index (χ1n) is 8.04. The lowest BCUT2D eigenvalue weighted by atomic mass is 10.0. The fraction of sp³-hybridized carbons (Fsp3) is 0.529. The third-order valence-electron chi connectivity index (χ3n) is 3.90. The van der Waals surface area contributed by atoms with E-state index in [-0.39, 0.29) is 24.2 Å². The van der Waals surface area contributed by atoms with Crippen LogP contribution in [0.15, 0.2) is 18.2 Å². The van der Waals surface area contributed by atoms with Crippen molar-refractivity contribution >= 4 is 29.9 Å². The fourth-order valence-corrected chi connectivity index (χ4v) is 2.46. The van der Waals surface area contributed by atoms with Gasteiger partial charge in [-0.1, -0.05) is 0 Å². The molecule has 1 aliphatic rings. The molecular formula is C17H26ClN3O3. The Morgan fingerprint density at radius 2 is 2.17 bits per heavy atom. The standard InChI is InChI=1S/C17H25N3O3.ClH/c1-18-9-10-20(2)17(22)4-3-11-23-14-6-7-15-13(12-14)5-8-16(21)19-15;/h6-7,12,18H,3-5,8-11H2,1-2H3,(H,19,21);1H. The van der Waals surface area contributed by atoms with Gasteiger partial charge in [0.15, 0.2) is 0 Å². The molecule has 0 bridgehead atoms. The molecule has 2 N–H and O–H groups in total. The number of carbonyl (C=O) groups excluding carboxylic acids is 2. The molecule has 1 aliphatic heterocycles. The van der Waals surface area contributed by atoms with Crippen molar-refractivity contribution in [2.45, 2.75) is 25.7 Å². The quantitative estimate of drug-likeness (QED) is 0.698. The van der Waals surface area contributed by atoms with Gasteiger partial charge in [0.05, 0.1) is 6.61 Å². The van der Waals surface area contributed by atoms with Crippen LogP contribution in [0.25, 0.3) is 0 Å². The maximum Gasteiger partial charge on any atom is 0.224 e. The molecule has 1 heterocycles. The van der Waals surface area contributed by atoms with Crippen LogP contribution in [0.1, 0.15) is 24.8 Å². The molecule has 0 unspecified atom stereocenters. The highest BCUT2D eigenvalue weighted by molar-refractivity contribution is 5.94. The van der Waals surface area contributed by atoms with E-state index in [4.69, 9.17) is 4.74 Å². The van der Waals surface area contributed by atoms with E-state index >= 15 is 0 Å². The maximum atomic E-state index is 11.9. The van der Waals surface area contributed by atoms with Crippen molar-refractivity contribution in [3.05, 3.63) is 23.8 Å². The Morgan fingerprint density at radius 1 is 1.38 bits per heavy atom. The van der Waals surface area contributed by atoms with E-state index in [9.17, 15) is 9.59 Å². The monoisotopic (exact) mass is 355 g/mol. The number of aryl methyl sites for hydroxylation is 1. The summed E-state index contributed by atoms with van der Waals surface area (Å²) >= 11 is 0. The van der Waals surface area contributed by atoms with Gasteiger partial charge in [-0.3, -0.25) is 9.59 Å². The Hall–Kier alpha value is -1.79. The smallest absolute Gasteiger partial charge is 0.224 e. The second-order valence-electron chi connectivity index (χ2n) is 5.74. The second kappa shape index (κ2) is 10.2. The zero-order chi connectivity index (χ0) is 16.7. The van der Waals surface area contributed by atoms with Gasteiger partial charge in [-0.05, 0) is 43.7 Å². The van der Waals surface area contributed by atoms with Gasteiger partial charge in [-0.15, -0.1) is 12.4 Å². The largest absolute Gasteiger partial charge is 0.494 e. The predicted molar refractivity (Wildman–Crippen MR) is 96.9 cm³/mol. The van der Waals surface area contributed by atoms with Gasteiger partial charge in [0.1, 0.15) is 5.75 Å². The Morgan fingerprint density at radius 3 is 2.92 bits per heavy atom. The molecule has 134 valence electrons. The average molecular weight is 356 g/mol. The average Bonchev–Trinajstić information content (AvgIpc) is 2.56. The van der Waals surface area contributed by atoms with Crippen LogP contribution in [0.3, 0.4) is 0 Å². The number of hydrogen-bond acceptors (Lipinski definition) is 4. The molecule has 0 atom stereocenters. The van der Waals surface area contributed by atoms with E-state index in [1.165, 1.54) is 0 Å². The van der Waals surface area contributed by atoms with E-state index in [0.717, 1.165) is 30.0 Å². The predicted octanol–water partition coefficient (Wildman–Crippen LogP) is 1.83. The summed E-state index contributed by atoms with van der Waals surface area (Å²) in [5.74, 6) is 0.986. The number of amides is 2. The molecule has 1 aromatic carbocycles. The van der Waals surface area contributed by atoms with E-state index in [1.807, 2.05) is 32.3 Å².